The first-order valence-corrected chi connectivity index (χ1v) is 5.50. The van der Waals surface area contributed by atoms with Gasteiger partial charge in [0.15, 0.2) is 6.54 Å². The van der Waals surface area contributed by atoms with E-state index < -0.39 is 0 Å². The largest absolute Gasteiger partial charge is 1.00 e. The molecule has 6 heteroatoms. The van der Waals surface area contributed by atoms with Gasteiger partial charge in [0.25, 0.3) is 0 Å². The van der Waals surface area contributed by atoms with Crippen molar-refractivity contribution in [1.29, 1.82) is 0 Å². The third kappa shape index (κ3) is 6.13. The lowest BCUT2D eigenvalue weighted by Gasteiger charge is -2.22. The average Bonchev–Trinajstić information content (AvgIpc) is 2.06. The second kappa shape index (κ2) is 6.45. The summed E-state index contributed by atoms with van der Waals surface area (Å²) in [7, 11) is 5.72. The summed E-state index contributed by atoms with van der Waals surface area (Å²) in [5, 5.41) is 0.846. The minimum Gasteiger partial charge on any atom is -1.00 e. The molecular weight excluding hydrogens is 284 g/mol. The number of hydrogen-bond donors (Lipinski definition) is 0. The zero-order valence-corrected chi connectivity index (χ0v) is 12.1. The molecule has 1 aromatic rings. The molecule has 0 saturated carbocycles. The lowest BCUT2D eigenvalue weighted by Crippen LogP contribution is -3.00. The number of hydrogen-bond acceptors (Lipinski definition) is 2. The van der Waals surface area contributed by atoms with Crippen molar-refractivity contribution in [3.8, 4) is 5.75 Å². The van der Waals surface area contributed by atoms with Crippen LogP contribution in [0.4, 0.5) is 0 Å². The van der Waals surface area contributed by atoms with E-state index in [1.807, 2.05) is 21.1 Å². The lowest BCUT2D eigenvalue weighted by molar-refractivity contribution is -0.862. The van der Waals surface area contributed by atoms with Crippen LogP contribution in [0.5, 0.6) is 5.75 Å². The van der Waals surface area contributed by atoms with Gasteiger partial charge in [-0.3, -0.25) is 0 Å². The number of likely N-dealkylation sites (N-methyl/N-ethyl adjacent to an activating group) is 1. The highest BCUT2D eigenvalue weighted by molar-refractivity contribution is 6.35. The SMILES string of the molecule is C[N+](C)(C)CC(=O)Oc1ccc(Cl)cc1Cl.[Cl-]. The van der Waals surface area contributed by atoms with Gasteiger partial charge in [-0.15, -0.1) is 0 Å². The van der Waals surface area contributed by atoms with E-state index in [2.05, 4.69) is 0 Å². The Balaban J connectivity index is 0.00000256. The molecule has 0 aliphatic carbocycles. The normalized spacial score (nSPS) is 10.6. The molecule has 17 heavy (non-hydrogen) atoms. The Morgan fingerprint density at radius 3 is 2.35 bits per heavy atom. The van der Waals surface area contributed by atoms with E-state index in [0.717, 1.165) is 0 Å². The second-order valence-corrected chi connectivity index (χ2v) is 5.34. The fourth-order valence-electron chi connectivity index (χ4n) is 1.10. The average molecular weight is 299 g/mol. The third-order valence-corrected chi connectivity index (χ3v) is 2.25. The van der Waals surface area contributed by atoms with Crippen molar-refractivity contribution in [3.05, 3.63) is 28.2 Å². The summed E-state index contributed by atoms with van der Waals surface area (Å²) in [5.74, 6) is 0.0150. The first-order chi connectivity index (χ1) is 7.28. The van der Waals surface area contributed by atoms with Crippen LogP contribution in [0.1, 0.15) is 0 Å². The summed E-state index contributed by atoms with van der Waals surface area (Å²) in [6, 6.07) is 4.75. The fraction of sp³-hybridized carbons (Fsp3) is 0.364. The highest BCUT2D eigenvalue weighted by Crippen LogP contribution is 2.27. The highest BCUT2D eigenvalue weighted by atomic mass is 35.5. The van der Waals surface area contributed by atoms with Crippen LogP contribution in [0.2, 0.25) is 10.0 Å². The van der Waals surface area contributed by atoms with Crippen LogP contribution in [0.25, 0.3) is 0 Å². The van der Waals surface area contributed by atoms with Crippen LogP contribution in [0, 0.1) is 0 Å². The molecular formula is C11H14Cl3NO2. The van der Waals surface area contributed by atoms with Gasteiger partial charge in [-0.25, -0.2) is 4.79 Å². The maximum absolute atomic E-state index is 11.5. The summed E-state index contributed by atoms with van der Waals surface area (Å²) in [6.07, 6.45) is 0. The topological polar surface area (TPSA) is 26.3 Å². The minimum absolute atomic E-state index is 0. The van der Waals surface area contributed by atoms with E-state index in [4.69, 9.17) is 27.9 Å². The number of carbonyl (C=O) groups excluding carboxylic acids is 1. The first kappa shape index (κ1) is 16.5. The van der Waals surface area contributed by atoms with Gasteiger partial charge in [0, 0.05) is 5.02 Å². The van der Waals surface area contributed by atoms with Crippen molar-refractivity contribution in [1.82, 2.24) is 0 Å². The molecule has 0 unspecified atom stereocenters. The van der Waals surface area contributed by atoms with E-state index in [9.17, 15) is 4.79 Å². The Labute approximate surface area is 117 Å². The molecule has 0 spiro atoms. The zero-order chi connectivity index (χ0) is 12.3. The van der Waals surface area contributed by atoms with Crippen molar-refractivity contribution in [2.24, 2.45) is 0 Å². The van der Waals surface area contributed by atoms with Crippen LogP contribution in [0.15, 0.2) is 18.2 Å². The molecule has 0 saturated heterocycles. The van der Waals surface area contributed by atoms with Gasteiger partial charge in [-0.2, -0.15) is 0 Å². The number of ether oxygens (including phenoxy) is 1. The molecule has 3 nitrogen and oxygen atoms in total. The maximum atomic E-state index is 11.5. The molecule has 0 bridgehead atoms. The van der Waals surface area contributed by atoms with Crippen molar-refractivity contribution in [3.63, 3.8) is 0 Å². The molecule has 1 aromatic carbocycles. The van der Waals surface area contributed by atoms with Gasteiger partial charge in [0.2, 0.25) is 0 Å². The molecule has 96 valence electrons. The van der Waals surface area contributed by atoms with E-state index in [-0.39, 0.29) is 24.9 Å². The standard InChI is InChI=1S/C11H14Cl2NO2.ClH/c1-14(2,3)7-11(15)16-10-5-4-8(12)6-9(10)13;/h4-6H,7H2,1-3H3;1H/q+1;/p-1. The Kier molecular flexibility index (Phi) is 6.27. The van der Waals surface area contributed by atoms with Crippen LogP contribution >= 0.6 is 23.2 Å². The zero-order valence-electron chi connectivity index (χ0n) is 9.84. The maximum Gasteiger partial charge on any atom is 0.367 e. The Morgan fingerprint density at radius 2 is 1.88 bits per heavy atom. The predicted molar refractivity (Wildman–Crippen MR) is 65.0 cm³/mol. The second-order valence-electron chi connectivity index (χ2n) is 4.50. The number of quaternary nitrogens is 1. The van der Waals surface area contributed by atoms with Crippen LogP contribution in [-0.4, -0.2) is 38.1 Å². The molecule has 0 fully saturated rings. The molecule has 0 radical (unpaired) electrons. The van der Waals surface area contributed by atoms with E-state index in [0.29, 0.717) is 20.3 Å². The number of rotatable bonds is 3. The monoisotopic (exact) mass is 297 g/mol. The summed E-state index contributed by atoms with van der Waals surface area (Å²) < 4.78 is 5.64. The Bertz CT molecular complexity index is 402. The molecule has 0 aliphatic heterocycles. The third-order valence-electron chi connectivity index (χ3n) is 1.72. The molecule has 0 atom stereocenters. The Morgan fingerprint density at radius 1 is 1.29 bits per heavy atom. The first-order valence-electron chi connectivity index (χ1n) is 4.74. The van der Waals surface area contributed by atoms with E-state index >= 15 is 0 Å². The van der Waals surface area contributed by atoms with Gasteiger partial charge in [-0.05, 0) is 18.2 Å². The number of benzene rings is 1. The lowest BCUT2D eigenvalue weighted by atomic mass is 10.3. The summed E-state index contributed by atoms with van der Waals surface area (Å²) >= 11 is 11.6. The van der Waals surface area contributed by atoms with E-state index in [1.165, 1.54) is 6.07 Å². The van der Waals surface area contributed by atoms with Crippen LogP contribution in [-0.2, 0) is 4.79 Å². The molecule has 1 rings (SSSR count). The van der Waals surface area contributed by atoms with Gasteiger partial charge in [0.1, 0.15) is 5.75 Å². The molecule has 0 heterocycles. The van der Waals surface area contributed by atoms with Gasteiger partial charge in [0.05, 0.1) is 26.2 Å². The van der Waals surface area contributed by atoms with Crippen molar-refractivity contribution >= 4 is 29.2 Å². The molecule has 0 aliphatic rings. The van der Waals surface area contributed by atoms with Crippen LogP contribution in [0.3, 0.4) is 0 Å². The predicted octanol–water partition coefficient (Wildman–Crippen LogP) is -0.391. The smallest absolute Gasteiger partial charge is 0.367 e. The van der Waals surface area contributed by atoms with Gasteiger partial charge >= 0.3 is 5.97 Å². The number of nitrogens with zero attached hydrogens (tertiary/aromatic N) is 1. The summed E-state index contributed by atoms with van der Waals surface area (Å²) in [5.41, 5.74) is 0. The number of carbonyl (C=O) groups is 1. The number of halogens is 3. The van der Waals surface area contributed by atoms with Gasteiger partial charge < -0.3 is 21.6 Å². The summed E-state index contributed by atoms with van der Waals surface area (Å²) in [6.45, 7) is 0.277. The molecule has 0 amide bonds. The highest BCUT2D eigenvalue weighted by Gasteiger charge is 2.17. The minimum atomic E-state index is -0.322. The molecule has 0 N–H and O–H groups in total. The summed E-state index contributed by atoms with van der Waals surface area (Å²) in [4.78, 5) is 11.5. The van der Waals surface area contributed by atoms with Crippen molar-refractivity contribution in [2.45, 2.75) is 0 Å². The van der Waals surface area contributed by atoms with Crippen molar-refractivity contribution in [2.75, 3.05) is 27.7 Å². The van der Waals surface area contributed by atoms with Crippen molar-refractivity contribution < 1.29 is 26.4 Å². The fourth-order valence-corrected chi connectivity index (χ4v) is 1.55. The molecule has 0 aromatic heterocycles. The quantitative estimate of drug-likeness (QED) is 0.432. The number of esters is 1. The van der Waals surface area contributed by atoms with Crippen LogP contribution < -0.4 is 17.1 Å². The van der Waals surface area contributed by atoms with Gasteiger partial charge in [-0.1, -0.05) is 23.2 Å². The Hall–Kier alpha value is -0.480. The van der Waals surface area contributed by atoms with E-state index in [1.54, 1.807) is 12.1 Å².